The largest absolute Gasteiger partial charge is 0.228 e. The van der Waals surface area contributed by atoms with E-state index in [9.17, 15) is 0 Å². The number of nitrogens with zero attached hydrogens (tertiary/aromatic N) is 2. The molecule has 8 aromatic carbocycles. The molecule has 0 amide bonds. The highest BCUT2D eigenvalue weighted by molar-refractivity contribution is 7.26. The highest BCUT2D eigenvalue weighted by atomic mass is 32.1. The van der Waals surface area contributed by atoms with E-state index in [-0.39, 0.29) is 0 Å². The van der Waals surface area contributed by atoms with Gasteiger partial charge >= 0.3 is 0 Å². The molecule has 0 spiro atoms. The van der Waals surface area contributed by atoms with Crippen molar-refractivity contribution in [1.82, 2.24) is 9.97 Å². The standard InChI is InChI=1S/C50H32N2S/c1-3-15-33(16-4-1)36-29-37(40-25-14-27-45-44-24-11-12-28-48(44)53-49(40)45)31-38(30-36)46-32-47(52-50(51-46)35-18-5-2-6-19-35)43-23-10-9-22-42(43)41-26-13-20-34-17-7-8-21-39(34)41/h1-32H. The molecule has 2 nitrogen and oxygen atoms in total. The molecule has 0 aliphatic heterocycles. The normalized spacial score (nSPS) is 11.4. The number of rotatable bonds is 6. The van der Waals surface area contributed by atoms with Crippen molar-refractivity contribution < 1.29 is 0 Å². The summed E-state index contributed by atoms with van der Waals surface area (Å²) in [5.74, 6) is 0.698. The Hall–Kier alpha value is -6.68. The van der Waals surface area contributed by atoms with Crippen LogP contribution >= 0.6 is 11.3 Å². The molecule has 0 unspecified atom stereocenters. The fourth-order valence-electron chi connectivity index (χ4n) is 7.55. The van der Waals surface area contributed by atoms with E-state index in [1.165, 1.54) is 42.1 Å². The molecular formula is C50H32N2S. The summed E-state index contributed by atoms with van der Waals surface area (Å²) in [6.45, 7) is 0. The maximum absolute atomic E-state index is 5.31. The van der Waals surface area contributed by atoms with Crippen LogP contribution in [0.4, 0.5) is 0 Å². The minimum Gasteiger partial charge on any atom is -0.228 e. The topological polar surface area (TPSA) is 25.8 Å². The Labute approximate surface area is 312 Å². The van der Waals surface area contributed by atoms with Gasteiger partial charge in [0.15, 0.2) is 5.82 Å². The minimum absolute atomic E-state index is 0.698. The first-order valence-electron chi connectivity index (χ1n) is 17.9. The summed E-state index contributed by atoms with van der Waals surface area (Å²) in [5, 5.41) is 5.02. The monoisotopic (exact) mass is 692 g/mol. The first-order valence-corrected chi connectivity index (χ1v) is 18.7. The van der Waals surface area contributed by atoms with E-state index in [0.717, 1.165) is 50.3 Å². The van der Waals surface area contributed by atoms with Gasteiger partial charge in [0.1, 0.15) is 0 Å². The quantitative estimate of drug-likeness (QED) is 0.173. The van der Waals surface area contributed by atoms with Crippen LogP contribution in [-0.2, 0) is 0 Å². The van der Waals surface area contributed by atoms with Crippen LogP contribution < -0.4 is 0 Å². The molecule has 10 rings (SSSR count). The third kappa shape index (κ3) is 5.68. The molecule has 53 heavy (non-hydrogen) atoms. The Morgan fingerprint density at radius 2 is 0.887 bits per heavy atom. The van der Waals surface area contributed by atoms with E-state index in [4.69, 9.17) is 9.97 Å². The Bertz CT molecular complexity index is 2940. The van der Waals surface area contributed by atoms with Gasteiger partial charge in [0.25, 0.3) is 0 Å². The Kier molecular flexibility index (Phi) is 7.71. The molecule has 0 N–H and O–H groups in total. The van der Waals surface area contributed by atoms with Crippen LogP contribution in [0.15, 0.2) is 194 Å². The van der Waals surface area contributed by atoms with Crippen LogP contribution in [0.5, 0.6) is 0 Å². The smallest absolute Gasteiger partial charge is 0.160 e. The van der Waals surface area contributed by atoms with Crippen molar-refractivity contribution >= 4 is 42.3 Å². The van der Waals surface area contributed by atoms with Gasteiger partial charge in [-0.3, -0.25) is 0 Å². The van der Waals surface area contributed by atoms with E-state index >= 15 is 0 Å². The van der Waals surface area contributed by atoms with Crippen LogP contribution in [0.2, 0.25) is 0 Å². The molecule has 3 heteroatoms. The lowest BCUT2D eigenvalue weighted by Gasteiger charge is -2.15. The van der Waals surface area contributed by atoms with Crippen molar-refractivity contribution in [2.75, 3.05) is 0 Å². The molecule has 0 aliphatic carbocycles. The average molecular weight is 693 g/mol. The zero-order valence-electron chi connectivity index (χ0n) is 28.8. The highest BCUT2D eigenvalue weighted by Gasteiger charge is 2.18. The summed E-state index contributed by atoms with van der Waals surface area (Å²) in [6.07, 6.45) is 0. The molecule has 0 atom stereocenters. The van der Waals surface area contributed by atoms with Crippen LogP contribution in [0, 0.1) is 0 Å². The lowest BCUT2D eigenvalue weighted by atomic mass is 9.92. The molecule has 0 radical (unpaired) electrons. The summed E-state index contributed by atoms with van der Waals surface area (Å²) in [4.78, 5) is 10.6. The van der Waals surface area contributed by atoms with Gasteiger partial charge in [-0.1, -0.05) is 164 Å². The van der Waals surface area contributed by atoms with E-state index in [2.05, 4.69) is 188 Å². The second-order valence-corrected chi connectivity index (χ2v) is 14.4. The minimum atomic E-state index is 0.698. The van der Waals surface area contributed by atoms with Crippen molar-refractivity contribution in [3.8, 4) is 67.3 Å². The second kappa shape index (κ2) is 13.1. The zero-order valence-corrected chi connectivity index (χ0v) is 29.6. The summed E-state index contributed by atoms with van der Waals surface area (Å²) in [6, 6.07) is 69.2. The van der Waals surface area contributed by atoms with Crippen molar-refractivity contribution in [2.24, 2.45) is 0 Å². The van der Waals surface area contributed by atoms with Crippen LogP contribution in [0.3, 0.4) is 0 Å². The zero-order chi connectivity index (χ0) is 35.1. The van der Waals surface area contributed by atoms with Crippen molar-refractivity contribution in [3.63, 3.8) is 0 Å². The van der Waals surface area contributed by atoms with E-state index < -0.39 is 0 Å². The predicted octanol–water partition coefficient (Wildman–Crippen LogP) is 14.0. The van der Waals surface area contributed by atoms with Gasteiger partial charge in [-0.15, -0.1) is 11.3 Å². The SMILES string of the molecule is c1ccc(-c2cc(-c3cc(-c4ccccc4-c4cccc5ccccc45)nc(-c4ccccc4)n3)cc(-c3cccc4c3sc3ccccc34)c2)cc1. The summed E-state index contributed by atoms with van der Waals surface area (Å²) < 4.78 is 2.59. The summed E-state index contributed by atoms with van der Waals surface area (Å²) in [7, 11) is 0. The van der Waals surface area contributed by atoms with Crippen molar-refractivity contribution in [2.45, 2.75) is 0 Å². The first kappa shape index (κ1) is 31.1. The lowest BCUT2D eigenvalue weighted by Crippen LogP contribution is -1.97. The first-order chi connectivity index (χ1) is 26.3. The van der Waals surface area contributed by atoms with Gasteiger partial charge in [-0.05, 0) is 74.5 Å². The van der Waals surface area contributed by atoms with Crippen LogP contribution in [0.25, 0.3) is 98.2 Å². The van der Waals surface area contributed by atoms with Gasteiger partial charge in [0, 0.05) is 36.9 Å². The Morgan fingerprint density at radius 3 is 1.74 bits per heavy atom. The lowest BCUT2D eigenvalue weighted by molar-refractivity contribution is 1.18. The maximum atomic E-state index is 5.31. The van der Waals surface area contributed by atoms with Gasteiger partial charge in [-0.2, -0.15) is 0 Å². The molecule has 2 aromatic heterocycles. The third-order valence-electron chi connectivity index (χ3n) is 10.1. The maximum Gasteiger partial charge on any atom is 0.160 e. The molecule has 248 valence electrons. The molecule has 0 aliphatic rings. The number of benzene rings is 8. The van der Waals surface area contributed by atoms with E-state index in [1.54, 1.807) is 0 Å². The third-order valence-corrected chi connectivity index (χ3v) is 11.3. The molecule has 0 saturated heterocycles. The predicted molar refractivity (Wildman–Crippen MR) is 225 cm³/mol. The van der Waals surface area contributed by atoms with Gasteiger partial charge in [0.05, 0.1) is 11.4 Å². The summed E-state index contributed by atoms with van der Waals surface area (Å²) >= 11 is 1.86. The molecule has 0 saturated carbocycles. The molecule has 0 bridgehead atoms. The van der Waals surface area contributed by atoms with E-state index in [0.29, 0.717) is 5.82 Å². The average Bonchev–Trinajstić information content (AvgIpc) is 3.63. The van der Waals surface area contributed by atoms with Gasteiger partial charge in [0.2, 0.25) is 0 Å². The van der Waals surface area contributed by atoms with Crippen LogP contribution in [-0.4, -0.2) is 9.97 Å². The van der Waals surface area contributed by atoms with Gasteiger partial charge in [-0.25, -0.2) is 9.97 Å². The Balaban J connectivity index is 1.22. The van der Waals surface area contributed by atoms with Gasteiger partial charge < -0.3 is 0 Å². The number of thiophene rings is 1. The number of aromatic nitrogens is 2. The molecule has 0 fully saturated rings. The van der Waals surface area contributed by atoms with Crippen LogP contribution in [0.1, 0.15) is 0 Å². The molecule has 2 heterocycles. The van der Waals surface area contributed by atoms with Crippen molar-refractivity contribution in [3.05, 3.63) is 194 Å². The molecular weight excluding hydrogens is 661 g/mol. The number of hydrogen-bond donors (Lipinski definition) is 0. The summed E-state index contributed by atoms with van der Waals surface area (Å²) in [5.41, 5.74) is 11.9. The molecule has 10 aromatic rings. The van der Waals surface area contributed by atoms with Crippen molar-refractivity contribution in [1.29, 1.82) is 0 Å². The highest BCUT2D eigenvalue weighted by Crippen LogP contribution is 2.43. The van der Waals surface area contributed by atoms with E-state index in [1.807, 2.05) is 17.4 Å². The fourth-order valence-corrected chi connectivity index (χ4v) is 8.79. The number of hydrogen-bond acceptors (Lipinski definition) is 3. The number of fused-ring (bicyclic) bond motifs is 4. The second-order valence-electron chi connectivity index (χ2n) is 13.3. The fraction of sp³-hybridized carbons (Fsp3) is 0. The Morgan fingerprint density at radius 1 is 0.321 bits per heavy atom.